The lowest BCUT2D eigenvalue weighted by molar-refractivity contribution is -0.254. The summed E-state index contributed by atoms with van der Waals surface area (Å²) in [5.41, 5.74) is 6.06. The summed E-state index contributed by atoms with van der Waals surface area (Å²) < 4.78 is 0. The number of carboxylic acid groups (broad SMARTS) is 1. The number of fused-ring (bicyclic) bond motifs is 2. The summed E-state index contributed by atoms with van der Waals surface area (Å²) in [5.74, 6) is -0.761. The largest absolute Gasteiger partial charge is 0.545 e. The van der Waals surface area contributed by atoms with Gasteiger partial charge >= 0.3 is 0 Å². The zero-order valence-corrected chi connectivity index (χ0v) is 15.0. The average Bonchev–Trinajstić information content (AvgIpc) is 2.61. The molecule has 1 aromatic heterocycles. The van der Waals surface area contributed by atoms with Gasteiger partial charge in [0.05, 0.1) is 17.2 Å². The Balaban J connectivity index is 2.01. The average molecular weight is 342 g/mol. The zero-order chi connectivity index (χ0) is 18.3. The van der Waals surface area contributed by atoms with Crippen molar-refractivity contribution < 1.29 is 9.90 Å². The fraction of sp³-hybridized carbons (Fsp3) is 0.217. The molecule has 26 heavy (non-hydrogen) atoms. The molecule has 1 atom stereocenters. The van der Waals surface area contributed by atoms with Crippen LogP contribution in [0, 0.1) is 12.8 Å². The second-order valence-electron chi connectivity index (χ2n) is 7.16. The number of aryl methyl sites for hydroxylation is 1. The van der Waals surface area contributed by atoms with Crippen molar-refractivity contribution in [3.63, 3.8) is 0 Å². The molecule has 1 aliphatic rings. The molecule has 3 nitrogen and oxygen atoms in total. The van der Waals surface area contributed by atoms with Gasteiger partial charge in [-0.2, -0.15) is 0 Å². The number of para-hydroxylation sites is 1. The third-order valence-corrected chi connectivity index (χ3v) is 5.14. The maximum absolute atomic E-state index is 12.0. The molecular formula is C23H20NO2-. The van der Waals surface area contributed by atoms with Crippen LogP contribution in [0.2, 0.25) is 0 Å². The molecule has 0 fully saturated rings. The number of benzene rings is 2. The smallest absolute Gasteiger partial charge is 0.0725 e. The predicted octanol–water partition coefficient (Wildman–Crippen LogP) is 4.03. The standard InChI is InChI=1S/C23H21NO2/c1-14-11-17(13-16-8-4-3-7-15(16)2)22-19(12-14)21(23(25)26)18-9-5-6-10-20(18)24-22/h3-10,13-14H,11-12H2,1-2H3,(H,25,26)/p-1/b17-13+/t14-/m1/s1. The van der Waals surface area contributed by atoms with Crippen LogP contribution in [-0.4, -0.2) is 11.0 Å². The van der Waals surface area contributed by atoms with E-state index in [1.54, 1.807) is 0 Å². The van der Waals surface area contributed by atoms with E-state index in [0.29, 0.717) is 28.8 Å². The first-order valence-corrected chi connectivity index (χ1v) is 8.94. The lowest BCUT2D eigenvalue weighted by Gasteiger charge is -2.27. The normalized spacial score (nSPS) is 18.1. The Kier molecular flexibility index (Phi) is 4.08. The van der Waals surface area contributed by atoms with E-state index in [1.807, 2.05) is 36.4 Å². The summed E-state index contributed by atoms with van der Waals surface area (Å²) >= 11 is 0. The molecule has 0 saturated heterocycles. The molecule has 3 aromatic rings. The molecule has 130 valence electrons. The predicted molar refractivity (Wildman–Crippen MR) is 103 cm³/mol. The van der Waals surface area contributed by atoms with E-state index < -0.39 is 5.97 Å². The minimum Gasteiger partial charge on any atom is -0.545 e. The van der Waals surface area contributed by atoms with Gasteiger partial charge in [-0.05, 0) is 60.1 Å². The van der Waals surface area contributed by atoms with Gasteiger partial charge in [0.25, 0.3) is 0 Å². The molecule has 2 aromatic carbocycles. The van der Waals surface area contributed by atoms with E-state index in [2.05, 4.69) is 32.1 Å². The van der Waals surface area contributed by atoms with Gasteiger partial charge in [-0.3, -0.25) is 0 Å². The summed E-state index contributed by atoms with van der Waals surface area (Å²) in [6.45, 7) is 4.24. The topological polar surface area (TPSA) is 53.0 Å². The van der Waals surface area contributed by atoms with Gasteiger partial charge in [-0.15, -0.1) is 0 Å². The van der Waals surface area contributed by atoms with Crippen LogP contribution in [0.25, 0.3) is 22.6 Å². The summed E-state index contributed by atoms with van der Waals surface area (Å²) in [6.07, 6.45) is 3.76. The summed E-state index contributed by atoms with van der Waals surface area (Å²) in [7, 11) is 0. The van der Waals surface area contributed by atoms with Gasteiger partial charge < -0.3 is 9.90 Å². The number of carbonyl (C=O) groups excluding carboxylic acids is 1. The molecule has 0 radical (unpaired) electrons. The van der Waals surface area contributed by atoms with Crippen LogP contribution in [0.5, 0.6) is 0 Å². The summed E-state index contributed by atoms with van der Waals surface area (Å²) in [4.78, 5) is 16.8. The second-order valence-corrected chi connectivity index (χ2v) is 7.16. The van der Waals surface area contributed by atoms with Crippen molar-refractivity contribution in [1.82, 2.24) is 4.98 Å². The van der Waals surface area contributed by atoms with Crippen molar-refractivity contribution in [2.24, 2.45) is 5.92 Å². The quantitative estimate of drug-likeness (QED) is 0.706. The number of pyridine rings is 1. The third-order valence-electron chi connectivity index (χ3n) is 5.14. The fourth-order valence-electron chi connectivity index (χ4n) is 3.91. The molecule has 0 spiro atoms. The number of aromatic nitrogens is 1. The second kappa shape index (κ2) is 6.41. The van der Waals surface area contributed by atoms with Crippen LogP contribution in [0.3, 0.4) is 0 Å². The molecule has 0 unspecified atom stereocenters. The number of aromatic carboxylic acids is 1. The molecular weight excluding hydrogens is 322 g/mol. The van der Waals surface area contributed by atoms with Crippen LogP contribution in [0.15, 0.2) is 48.5 Å². The third kappa shape index (κ3) is 2.80. The van der Waals surface area contributed by atoms with E-state index in [-0.39, 0.29) is 0 Å². The van der Waals surface area contributed by atoms with Crippen LogP contribution in [0.4, 0.5) is 0 Å². The van der Waals surface area contributed by atoms with Crippen molar-refractivity contribution >= 4 is 28.5 Å². The van der Waals surface area contributed by atoms with Crippen molar-refractivity contribution in [2.75, 3.05) is 0 Å². The Morgan fingerprint density at radius 2 is 1.85 bits per heavy atom. The Labute approximate surface area is 153 Å². The Bertz CT molecular complexity index is 1050. The van der Waals surface area contributed by atoms with Gasteiger partial charge in [0.2, 0.25) is 0 Å². The van der Waals surface area contributed by atoms with E-state index in [9.17, 15) is 9.90 Å². The highest BCUT2D eigenvalue weighted by Gasteiger charge is 2.25. The van der Waals surface area contributed by atoms with Crippen molar-refractivity contribution in [1.29, 1.82) is 0 Å². The molecule has 4 rings (SSSR count). The van der Waals surface area contributed by atoms with E-state index >= 15 is 0 Å². The maximum Gasteiger partial charge on any atom is 0.0725 e. The summed E-state index contributed by atoms with van der Waals surface area (Å²) in [5, 5.41) is 12.6. The highest BCUT2D eigenvalue weighted by atomic mass is 16.4. The number of nitrogens with zero attached hydrogens (tertiary/aromatic N) is 1. The van der Waals surface area contributed by atoms with Gasteiger partial charge in [-0.25, -0.2) is 4.98 Å². The minimum atomic E-state index is -1.12. The van der Waals surface area contributed by atoms with Gasteiger partial charge in [0, 0.05) is 10.9 Å². The highest BCUT2D eigenvalue weighted by molar-refractivity contribution is 6.05. The lowest BCUT2D eigenvalue weighted by atomic mass is 9.80. The molecule has 0 saturated carbocycles. The van der Waals surface area contributed by atoms with Crippen LogP contribution in [0.1, 0.15) is 46.1 Å². The van der Waals surface area contributed by atoms with E-state index in [4.69, 9.17) is 4.98 Å². The van der Waals surface area contributed by atoms with Crippen LogP contribution in [-0.2, 0) is 6.42 Å². The molecule has 0 N–H and O–H groups in total. The SMILES string of the molecule is Cc1ccccc1/C=C1\C[C@@H](C)Cc2c1nc1ccccc1c2C(=O)[O-]. The van der Waals surface area contributed by atoms with Gasteiger partial charge in [-0.1, -0.05) is 49.4 Å². The monoisotopic (exact) mass is 342 g/mol. The highest BCUT2D eigenvalue weighted by Crippen LogP contribution is 2.38. The number of carbonyl (C=O) groups is 1. The first-order valence-electron chi connectivity index (χ1n) is 8.94. The molecule has 0 amide bonds. The minimum absolute atomic E-state index is 0.299. The van der Waals surface area contributed by atoms with E-state index in [1.165, 1.54) is 5.56 Å². The number of allylic oxidation sites excluding steroid dienone is 1. The Morgan fingerprint density at radius 1 is 1.12 bits per heavy atom. The van der Waals surface area contributed by atoms with Crippen molar-refractivity contribution in [2.45, 2.75) is 26.7 Å². The fourth-order valence-corrected chi connectivity index (χ4v) is 3.91. The number of rotatable bonds is 2. The molecule has 1 aliphatic carbocycles. The van der Waals surface area contributed by atoms with E-state index in [0.717, 1.165) is 28.8 Å². The number of hydrogen-bond acceptors (Lipinski definition) is 3. The van der Waals surface area contributed by atoms with Crippen LogP contribution < -0.4 is 5.11 Å². The van der Waals surface area contributed by atoms with Crippen LogP contribution >= 0.6 is 0 Å². The first kappa shape index (κ1) is 16.5. The van der Waals surface area contributed by atoms with Gasteiger partial charge in [0.1, 0.15) is 0 Å². The van der Waals surface area contributed by atoms with Crippen molar-refractivity contribution in [3.05, 3.63) is 76.5 Å². The maximum atomic E-state index is 12.0. The molecule has 0 aliphatic heterocycles. The molecule has 1 heterocycles. The lowest BCUT2D eigenvalue weighted by Crippen LogP contribution is -2.27. The van der Waals surface area contributed by atoms with Gasteiger partial charge in [0.15, 0.2) is 0 Å². The first-order chi connectivity index (χ1) is 12.5. The summed E-state index contributed by atoms with van der Waals surface area (Å²) in [6, 6.07) is 15.6. The Morgan fingerprint density at radius 3 is 2.62 bits per heavy atom. The molecule has 3 heteroatoms. The number of carboxylic acids is 1. The Hall–Kier alpha value is -2.94. The zero-order valence-electron chi connectivity index (χ0n) is 15.0. The number of hydrogen-bond donors (Lipinski definition) is 0. The van der Waals surface area contributed by atoms with Crippen molar-refractivity contribution in [3.8, 4) is 0 Å². The molecule has 0 bridgehead atoms.